The summed E-state index contributed by atoms with van der Waals surface area (Å²) in [5.74, 6) is -0.830. The third kappa shape index (κ3) is 5.86. The average Bonchev–Trinajstić information content (AvgIpc) is 3.23. The Morgan fingerprint density at radius 2 is 1.87 bits per heavy atom. The molecule has 0 saturated heterocycles. The van der Waals surface area contributed by atoms with Gasteiger partial charge in [0.15, 0.2) is 5.13 Å². The summed E-state index contributed by atoms with van der Waals surface area (Å²) >= 11 is 1.20. The van der Waals surface area contributed by atoms with Crippen molar-refractivity contribution < 1.29 is 14.0 Å². The van der Waals surface area contributed by atoms with Gasteiger partial charge in [0.25, 0.3) is 0 Å². The quantitative estimate of drug-likeness (QED) is 0.487. The first-order valence-corrected chi connectivity index (χ1v) is 10.9. The number of anilines is 2. The molecular weight excluding hydrogens is 413 g/mol. The van der Waals surface area contributed by atoms with E-state index in [4.69, 9.17) is 0 Å². The van der Waals surface area contributed by atoms with Gasteiger partial charge in [-0.05, 0) is 30.2 Å². The number of carbonyl (C=O) groups excluding carboxylic acids is 2. The molecule has 1 aromatic heterocycles. The monoisotopic (exact) mass is 437 g/mol. The minimum absolute atomic E-state index is 0.143. The van der Waals surface area contributed by atoms with Crippen molar-refractivity contribution in [3.8, 4) is 0 Å². The second kappa shape index (κ2) is 10.6. The number of para-hydroxylation sites is 1. The van der Waals surface area contributed by atoms with Crippen molar-refractivity contribution >= 4 is 40.0 Å². The Balaban J connectivity index is 1.65. The molecule has 0 fully saturated rings. The lowest BCUT2D eigenvalue weighted by Gasteiger charge is -2.18. The second-order valence-corrected chi connectivity index (χ2v) is 7.79. The largest absolute Gasteiger partial charge is 0.352 e. The Bertz CT molecular complexity index is 1070. The van der Waals surface area contributed by atoms with Crippen molar-refractivity contribution in [2.75, 3.05) is 11.4 Å². The lowest BCUT2D eigenvalue weighted by Crippen LogP contribution is -2.26. The zero-order chi connectivity index (χ0) is 22.2. The minimum Gasteiger partial charge on any atom is -0.352 e. The van der Waals surface area contributed by atoms with Gasteiger partial charge < -0.3 is 5.32 Å². The standard InChI is InChI=1S/C24H24FN3O2S/c1-3-18(19-9-5-4-6-10-19)15-26-23(30)14-13-20-16-31-24(27-20)28(17(2)29)22-12-8-7-11-21(22)25/h4-14,16,18H,3,15H2,1-2H3,(H,26,30)/b14-13+. The van der Waals surface area contributed by atoms with Gasteiger partial charge in [-0.3, -0.25) is 14.5 Å². The van der Waals surface area contributed by atoms with E-state index in [2.05, 4.69) is 29.4 Å². The second-order valence-electron chi connectivity index (χ2n) is 6.96. The van der Waals surface area contributed by atoms with E-state index in [1.54, 1.807) is 23.6 Å². The maximum absolute atomic E-state index is 14.2. The third-order valence-corrected chi connectivity index (χ3v) is 5.65. The molecule has 0 radical (unpaired) electrons. The molecule has 0 saturated carbocycles. The molecule has 7 heteroatoms. The van der Waals surface area contributed by atoms with E-state index in [0.29, 0.717) is 17.4 Å². The number of rotatable bonds is 8. The van der Waals surface area contributed by atoms with Crippen LogP contribution < -0.4 is 10.2 Å². The Labute approximate surface area is 185 Å². The number of halogens is 1. The Morgan fingerprint density at radius 3 is 2.55 bits per heavy atom. The fourth-order valence-electron chi connectivity index (χ4n) is 3.16. The van der Waals surface area contributed by atoms with Gasteiger partial charge in [0.1, 0.15) is 5.82 Å². The molecule has 2 aromatic carbocycles. The topological polar surface area (TPSA) is 62.3 Å². The molecule has 160 valence electrons. The molecule has 0 spiro atoms. The summed E-state index contributed by atoms with van der Waals surface area (Å²) in [5.41, 5.74) is 1.85. The van der Waals surface area contributed by atoms with Gasteiger partial charge in [0.05, 0.1) is 11.4 Å². The zero-order valence-corrected chi connectivity index (χ0v) is 18.2. The van der Waals surface area contributed by atoms with E-state index in [1.807, 2.05) is 18.2 Å². The molecule has 2 amide bonds. The fourth-order valence-corrected chi connectivity index (χ4v) is 4.01. The van der Waals surface area contributed by atoms with E-state index in [9.17, 15) is 14.0 Å². The normalized spacial score (nSPS) is 12.0. The number of nitrogens with one attached hydrogen (secondary N) is 1. The maximum atomic E-state index is 14.2. The molecule has 0 bridgehead atoms. The van der Waals surface area contributed by atoms with Crippen LogP contribution in [0.15, 0.2) is 66.1 Å². The molecule has 0 aliphatic heterocycles. The van der Waals surface area contributed by atoms with Crippen LogP contribution in [0.2, 0.25) is 0 Å². The lowest BCUT2D eigenvalue weighted by molar-refractivity contribution is -0.117. The van der Waals surface area contributed by atoms with Gasteiger partial charge in [0.2, 0.25) is 11.8 Å². The highest BCUT2D eigenvalue weighted by atomic mass is 32.1. The fraction of sp³-hybridized carbons (Fsp3) is 0.208. The number of nitrogens with zero attached hydrogens (tertiary/aromatic N) is 2. The van der Waals surface area contributed by atoms with Crippen LogP contribution in [0.5, 0.6) is 0 Å². The van der Waals surface area contributed by atoms with Gasteiger partial charge in [-0.1, -0.05) is 49.4 Å². The van der Waals surface area contributed by atoms with Crippen LogP contribution in [0, 0.1) is 5.82 Å². The Morgan fingerprint density at radius 1 is 1.16 bits per heavy atom. The molecule has 1 N–H and O–H groups in total. The molecule has 3 rings (SSSR count). The number of amides is 2. The van der Waals surface area contributed by atoms with Gasteiger partial charge in [-0.15, -0.1) is 11.3 Å². The highest BCUT2D eigenvalue weighted by molar-refractivity contribution is 7.14. The molecule has 0 aliphatic carbocycles. The molecule has 1 heterocycles. The number of hydrogen-bond acceptors (Lipinski definition) is 4. The molecule has 1 unspecified atom stereocenters. The van der Waals surface area contributed by atoms with Crippen molar-refractivity contribution in [2.45, 2.75) is 26.2 Å². The van der Waals surface area contributed by atoms with Gasteiger partial charge in [-0.25, -0.2) is 9.37 Å². The van der Waals surface area contributed by atoms with Gasteiger partial charge in [0, 0.05) is 30.8 Å². The average molecular weight is 438 g/mol. The van der Waals surface area contributed by atoms with Crippen LogP contribution in [0.3, 0.4) is 0 Å². The summed E-state index contributed by atoms with van der Waals surface area (Å²) in [6.07, 6.45) is 3.91. The summed E-state index contributed by atoms with van der Waals surface area (Å²) in [4.78, 5) is 30.0. The molecular formula is C24H24FN3O2S. The Kier molecular flexibility index (Phi) is 7.67. The minimum atomic E-state index is -0.506. The smallest absolute Gasteiger partial charge is 0.244 e. The molecule has 0 aliphatic rings. The summed E-state index contributed by atoms with van der Waals surface area (Å²) in [6, 6.07) is 16.1. The number of aromatic nitrogens is 1. The van der Waals surface area contributed by atoms with Crippen LogP contribution >= 0.6 is 11.3 Å². The van der Waals surface area contributed by atoms with Gasteiger partial charge >= 0.3 is 0 Å². The van der Waals surface area contributed by atoms with Crippen LogP contribution in [-0.4, -0.2) is 23.3 Å². The summed E-state index contributed by atoms with van der Waals surface area (Å²) in [6.45, 7) is 3.98. The van der Waals surface area contributed by atoms with Crippen molar-refractivity contribution in [2.24, 2.45) is 0 Å². The summed E-state index contributed by atoms with van der Waals surface area (Å²) < 4.78 is 14.2. The maximum Gasteiger partial charge on any atom is 0.244 e. The summed E-state index contributed by atoms with van der Waals surface area (Å²) in [7, 11) is 0. The molecule has 3 aromatic rings. The first-order valence-electron chi connectivity index (χ1n) is 10.0. The van der Waals surface area contributed by atoms with Crippen molar-refractivity contribution in [1.29, 1.82) is 0 Å². The Hall–Kier alpha value is -3.32. The van der Waals surface area contributed by atoms with E-state index >= 15 is 0 Å². The van der Waals surface area contributed by atoms with Gasteiger partial charge in [-0.2, -0.15) is 0 Å². The van der Waals surface area contributed by atoms with Crippen LogP contribution in [0.4, 0.5) is 15.2 Å². The van der Waals surface area contributed by atoms with E-state index in [1.165, 1.54) is 46.9 Å². The molecule has 31 heavy (non-hydrogen) atoms. The lowest BCUT2D eigenvalue weighted by atomic mass is 9.96. The molecule has 1 atom stereocenters. The van der Waals surface area contributed by atoms with Crippen molar-refractivity contribution in [1.82, 2.24) is 10.3 Å². The number of benzene rings is 2. The zero-order valence-electron chi connectivity index (χ0n) is 17.4. The summed E-state index contributed by atoms with van der Waals surface area (Å²) in [5, 5.41) is 4.98. The predicted octanol–water partition coefficient (Wildman–Crippen LogP) is 5.29. The number of hydrogen-bond donors (Lipinski definition) is 1. The van der Waals surface area contributed by atoms with E-state index in [-0.39, 0.29) is 23.4 Å². The van der Waals surface area contributed by atoms with Crippen LogP contribution in [-0.2, 0) is 9.59 Å². The van der Waals surface area contributed by atoms with E-state index < -0.39 is 5.82 Å². The highest BCUT2D eigenvalue weighted by Gasteiger charge is 2.20. The third-order valence-electron chi connectivity index (χ3n) is 4.80. The molecule has 5 nitrogen and oxygen atoms in total. The van der Waals surface area contributed by atoms with Crippen molar-refractivity contribution in [3.05, 3.63) is 83.1 Å². The first-order chi connectivity index (χ1) is 15.0. The highest BCUT2D eigenvalue weighted by Crippen LogP contribution is 2.31. The van der Waals surface area contributed by atoms with E-state index in [0.717, 1.165) is 6.42 Å². The SMILES string of the molecule is CCC(CNC(=O)/C=C/c1csc(N(C(C)=O)c2ccccc2F)n1)c1ccccc1. The van der Waals surface area contributed by atoms with Crippen molar-refractivity contribution in [3.63, 3.8) is 0 Å². The predicted molar refractivity (Wildman–Crippen MR) is 123 cm³/mol. The number of carbonyl (C=O) groups is 2. The number of thiazole rings is 1. The van der Waals surface area contributed by atoms with Crippen LogP contribution in [0.25, 0.3) is 6.08 Å². The van der Waals surface area contributed by atoms with Crippen LogP contribution in [0.1, 0.15) is 37.4 Å². The first kappa shape index (κ1) is 22.4.